The van der Waals surface area contributed by atoms with E-state index in [1.165, 1.54) is 4.90 Å². The lowest BCUT2D eigenvalue weighted by Gasteiger charge is -2.26. The van der Waals surface area contributed by atoms with E-state index in [4.69, 9.17) is 4.74 Å². The van der Waals surface area contributed by atoms with Gasteiger partial charge in [0.1, 0.15) is 17.6 Å². The van der Waals surface area contributed by atoms with Crippen molar-refractivity contribution in [2.24, 2.45) is 0 Å². The summed E-state index contributed by atoms with van der Waals surface area (Å²) in [6.07, 6.45) is 0.786. The molecule has 6 heteroatoms. The van der Waals surface area contributed by atoms with Gasteiger partial charge in [-0.3, -0.25) is 14.5 Å². The number of aliphatic hydroxyl groups excluding tert-OH is 1. The van der Waals surface area contributed by atoms with Gasteiger partial charge in [-0.15, -0.1) is 0 Å². The average molecular weight is 469 g/mol. The summed E-state index contributed by atoms with van der Waals surface area (Å²) in [7, 11) is 3.90. The number of amides is 1. The number of carbonyl (C=O) groups is 2. The van der Waals surface area contributed by atoms with Gasteiger partial charge in [-0.25, -0.2) is 0 Å². The van der Waals surface area contributed by atoms with Crippen LogP contribution in [0, 0.1) is 6.92 Å². The molecule has 0 bridgehead atoms. The predicted molar refractivity (Wildman–Crippen MR) is 137 cm³/mol. The molecule has 1 saturated heterocycles. The van der Waals surface area contributed by atoms with Gasteiger partial charge in [0.05, 0.1) is 11.6 Å². The summed E-state index contributed by atoms with van der Waals surface area (Å²) in [5.74, 6) is -0.753. The first-order chi connectivity index (χ1) is 16.7. The van der Waals surface area contributed by atoms with E-state index in [2.05, 4.69) is 0 Å². The Morgan fingerprint density at radius 1 is 1.00 bits per heavy atom. The number of Topliss-reactive ketones (excluding diaryl/α,β-unsaturated/α-hetero) is 1. The van der Waals surface area contributed by atoms with Gasteiger partial charge in [-0.2, -0.15) is 0 Å². The van der Waals surface area contributed by atoms with E-state index in [9.17, 15) is 14.7 Å². The largest absolute Gasteiger partial charge is 0.507 e. The lowest BCUT2D eigenvalue weighted by molar-refractivity contribution is -0.132. The van der Waals surface area contributed by atoms with Gasteiger partial charge in [0.15, 0.2) is 0 Å². The van der Waals surface area contributed by atoms with Crippen molar-refractivity contribution in [1.29, 1.82) is 0 Å². The number of ketones is 1. The molecule has 1 amide bonds. The molecule has 0 aliphatic carbocycles. The molecule has 0 saturated carbocycles. The highest BCUT2D eigenvalue weighted by Crippen LogP contribution is 2.43. The topological polar surface area (TPSA) is 70.1 Å². The van der Waals surface area contributed by atoms with E-state index in [1.54, 1.807) is 6.07 Å². The molecule has 2 aliphatic heterocycles. The minimum absolute atomic E-state index is 0.0599. The van der Waals surface area contributed by atoms with E-state index >= 15 is 0 Å². The number of carbonyl (C=O) groups excluding carboxylic acids is 2. The van der Waals surface area contributed by atoms with Gasteiger partial charge >= 0.3 is 0 Å². The van der Waals surface area contributed by atoms with Gasteiger partial charge in [-0.1, -0.05) is 29.8 Å². The van der Waals surface area contributed by atoms with Crippen molar-refractivity contribution in [3.8, 4) is 5.75 Å². The molecule has 6 nitrogen and oxygen atoms in total. The van der Waals surface area contributed by atoms with Crippen LogP contribution in [0.25, 0.3) is 5.76 Å². The highest BCUT2D eigenvalue weighted by molar-refractivity contribution is 6.51. The van der Waals surface area contributed by atoms with Crippen LogP contribution < -0.4 is 14.5 Å². The summed E-state index contributed by atoms with van der Waals surface area (Å²) in [5.41, 5.74) is 4.95. The number of rotatable bonds is 4. The fourth-order valence-corrected chi connectivity index (χ4v) is 4.80. The van der Waals surface area contributed by atoms with E-state index < -0.39 is 17.7 Å². The molecule has 0 aromatic heterocycles. The second-order valence-corrected chi connectivity index (χ2v) is 9.45. The lowest BCUT2D eigenvalue weighted by Crippen LogP contribution is -2.29. The molecule has 1 N–H and O–H groups in total. The Bertz CT molecular complexity index is 1340. The van der Waals surface area contributed by atoms with Crippen molar-refractivity contribution in [3.05, 3.63) is 94.6 Å². The molecule has 2 aliphatic rings. The van der Waals surface area contributed by atoms with Crippen molar-refractivity contribution in [2.45, 2.75) is 32.4 Å². The van der Waals surface area contributed by atoms with Crippen LogP contribution >= 0.6 is 0 Å². The Morgan fingerprint density at radius 3 is 2.34 bits per heavy atom. The third-order valence-electron chi connectivity index (χ3n) is 6.65. The normalized spacial score (nSPS) is 20.6. The molecule has 0 radical (unpaired) electrons. The first-order valence-electron chi connectivity index (χ1n) is 11.7. The molecule has 2 heterocycles. The van der Waals surface area contributed by atoms with Gasteiger partial charge < -0.3 is 14.7 Å². The summed E-state index contributed by atoms with van der Waals surface area (Å²) in [4.78, 5) is 30.2. The van der Waals surface area contributed by atoms with E-state index in [0.717, 1.165) is 34.5 Å². The average Bonchev–Trinajstić information content (AvgIpc) is 3.35. The van der Waals surface area contributed by atoms with Gasteiger partial charge in [0.2, 0.25) is 0 Å². The molecule has 1 fully saturated rings. The SMILES string of the molecule is Cc1ccc(N2C(=O)C(=O)/C(=C(\O)c3ccc4c(c3)CC(C)O4)C2c2ccc(N(C)C)cc2)cc1. The maximum atomic E-state index is 13.4. The van der Waals surface area contributed by atoms with Gasteiger partial charge in [0.25, 0.3) is 11.7 Å². The molecular weight excluding hydrogens is 440 g/mol. The molecule has 2 atom stereocenters. The van der Waals surface area contributed by atoms with Crippen molar-refractivity contribution in [1.82, 2.24) is 0 Å². The minimum Gasteiger partial charge on any atom is -0.507 e. The molecule has 3 aromatic rings. The molecule has 0 spiro atoms. The second kappa shape index (κ2) is 8.62. The molecular formula is C29H28N2O4. The first kappa shape index (κ1) is 22.7. The highest BCUT2D eigenvalue weighted by atomic mass is 16.5. The van der Waals surface area contributed by atoms with Crippen molar-refractivity contribution in [3.63, 3.8) is 0 Å². The number of nitrogens with zero attached hydrogens (tertiary/aromatic N) is 2. The highest BCUT2D eigenvalue weighted by Gasteiger charge is 2.47. The Morgan fingerprint density at radius 2 is 1.69 bits per heavy atom. The van der Waals surface area contributed by atoms with Crippen LogP contribution in [0.15, 0.2) is 72.3 Å². The van der Waals surface area contributed by atoms with Crippen LogP contribution in [0.3, 0.4) is 0 Å². The van der Waals surface area contributed by atoms with Crippen LogP contribution in [0.4, 0.5) is 11.4 Å². The lowest BCUT2D eigenvalue weighted by atomic mass is 9.94. The fourth-order valence-electron chi connectivity index (χ4n) is 4.80. The zero-order valence-electron chi connectivity index (χ0n) is 20.3. The quantitative estimate of drug-likeness (QED) is 0.331. The monoisotopic (exact) mass is 468 g/mol. The number of aryl methyl sites for hydroxylation is 1. The van der Waals surface area contributed by atoms with Crippen LogP contribution in [0.2, 0.25) is 0 Å². The fraction of sp³-hybridized carbons (Fsp3) is 0.241. The van der Waals surface area contributed by atoms with E-state index in [1.807, 2.05) is 93.5 Å². The Labute approximate surface area is 205 Å². The number of hydrogen-bond acceptors (Lipinski definition) is 5. The Hall–Kier alpha value is -4.06. The first-order valence-corrected chi connectivity index (χ1v) is 11.7. The van der Waals surface area contributed by atoms with E-state index in [0.29, 0.717) is 11.3 Å². The maximum absolute atomic E-state index is 13.4. The number of aliphatic hydroxyl groups is 1. The summed E-state index contributed by atoms with van der Waals surface area (Å²) >= 11 is 0. The Balaban J connectivity index is 1.67. The zero-order valence-corrected chi connectivity index (χ0v) is 20.3. The predicted octanol–water partition coefficient (Wildman–Crippen LogP) is 5.01. The van der Waals surface area contributed by atoms with Crippen LogP contribution in [-0.4, -0.2) is 37.0 Å². The molecule has 5 rings (SSSR count). The number of benzene rings is 3. The smallest absolute Gasteiger partial charge is 0.300 e. The van der Waals surface area contributed by atoms with Crippen LogP contribution in [0.5, 0.6) is 5.75 Å². The van der Waals surface area contributed by atoms with Gasteiger partial charge in [0, 0.05) is 37.5 Å². The van der Waals surface area contributed by atoms with Crippen molar-refractivity contribution >= 4 is 28.8 Å². The molecule has 2 unspecified atom stereocenters. The summed E-state index contributed by atoms with van der Waals surface area (Å²) in [6, 6.07) is 19.8. The summed E-state index contributed by atoms with van der Waals surface area (Å²) in [6.45, 7) is 3.96. The number of fused-ring (bicyclic) bond motifs is 1. The summed E-state index contributed by atoms with van der Waals surface area (Å²) in [5, 5.41) is 11.4. The molecule has 3 aromatic carbocycles. The zero-order chi connectivity index (χ0) is 24.9. The van der Waals surface area contributed by atoms with Crippen LogP contribution in [-0.2, 0) is 16.0 Å². The van der Waals surface area contributed by atoms with Crippen LogP contribution in [0.1, 0.15) is 35.2 Å². The number of hydrogen-bond donors (Lipinski definition) is 1. The summed E-state index contributed by atoms with van der Waals surface area (Å²) < 4.78 is 5.78. The van der Waals surface area contributed by atoms with E-state index in [-0.39, 0.29) is 17.4 Å². The van der Waals surface area contributed by atoms with Crippen molar-refractivity contribution < 1.29 is 19.4 Å². The third-order valence-corrected chi connectivity index (χ3v) is 6.65. The molecule has 35 heavy (non-hydrogen) atoms. The Kier molecular flexibility index (Phi) is 5.59. The molecule has 178 valence electrons. The van der Waals surface area contributed by atoms with Gasteiger partial charge in [-0.05, 0) is 67.4 Å². The number of anilines is 2. The number of ether oxygens (including phenoxy) is 1. The third kappa shape index (κ3) is 3.95. The minimum atomic E-state index is -0.752. The maximum Gasteiger partial charge on any atom is 0.300 e. The standard InChI is InChI=1S/C29H28N2O4/c1-17-5-10-23(11-6-17)31-26(19-7-12-22(13-8-19)30(3)4)25(28(33)29(31)34)27(32)20-9-14-24-21(16-20)15-18(2)35-24/h5-14,16,18,26,32H,15H2,1-4H3/b27-25-. The van der Waals surface area contributed by atoms with Crippen molar-refractivity contribution in [2.75, 3.05) is 23.9 Å². The second-order valence-electron chi connectivity index (χ2n) is 9.45.